The topological polar surface area (TPSA) is 94.1 Å². The molecule has 2 aliphatic heterocycles. The van der Waals surface area contributed by atoms with Gasteiger partial charge in [-0.2, -0.15) is 0 Å². The van der Waals surface area contributed by atoms with E-state index in [0.29, 0.717) is 54.9 Å². The van der Waals surface area contributed by atoms with E-state index < -0.39 is 11.9 Å². The molecule has 7 nitrogen and oxygen atoms in total. The highest BCUT2D eigenvalue weighted by atomic mass is 16.6. The molecular weight excluding hydrogens is 446 g/mol. The number of ketones is 1. The SMILES string of the molecule is COc1ccccc1C1CC(=O)C2=C(C1)NC(C)=C(C(=O)OC1CCOC1)C2c1cccc(O)c1. The van der Waals surface area contributed by atoms with Crippen LogP contribution in [0.4, 0.5) is 0 Å². The third-order valence-electron chi connectivity index (χ3n) is 6.99. The third-order valence-corrected chi connectivity index (χ3v) is 6.99. The number of ether oxygens (including phenoxy) is 3. The van der Waals surface area contributed by atoms with Gasteiger partial charge in [-0.3, -0.25) is 4.79 Å². The summed E-state index contributed by atoms with van der Waals surface area (Å²) in [6.07, 6.45) is 1.25. The standard InChI is InChI=1S/C28H29NO6/c1-16-25(28(32)35-20-10-11-34-15-20)26(17-6-5-7-19(30)12-17)27-22(29-16)13-18(14-23(27)31)21-8-3-4-9-24(21)33-2/h3-9,12,18,20,26,29-30H,10-11,13-15H2,1-2H3. The summed E-state index contributed by atoms with van der Waals surface area (Å²) >= 11 is 0. The molecular formula is C28H29NO6. The summed E-state index contributed by atoms with van der Waals surface area (Å²) in [6.45, 7) is 2.76. The number of aromatic hydroxyl groups is 1. The van der Waals surface area contributed by atoms with Crippen LogP contribution in [-0.2, 0) is 19.1 Å². The van der Waals surface area contributed by atoms with Crippen LogP contribution in [0.15, 0.2) is 71.1 Å². The Labute approximate surface area is 204 Å². The highest BCUT2D eigenvalue weighted by Crippen LogP contribution is 2.47. The highest BCUT2D eigenvalue weighted by molar-refractivity contribution is 6.04. The number of phenolic OH excluding ortho intramolecular Hbond substituents is 1. The van der Waals surface area contributed by atoms with Gasteiger partial charge in [-0.05, 0) is 42.7 Å². The van der Waals surface area contributed by atoms with Crippen LogP contribution in [0.3, 0.4) is 0 Å². The predicted octanol–water partition coefficient (Wildman–Crippen LogP) is 4.09. The van der Waals surface area contributed by atoms with Crippen molar-refractivity contribution in [3.8, 4) is 11.5 Å². The fourth-order valence-electron chi connectivity index (χ4n) is 5.39. The molecule has 2 heterocycles. The van der Waals surface area contributed by atoms with Gasteiger partial charge < -0.3 is 24.6 Å². The molecule has 0 aromatic heterocycles. The summed E-state index contributed by atoms with van der Waals surface area (Å²) in [4.78, 5) is 27.1. The number of carbonyl (C=O) groups is 2. The number of nitrogens with one attached hydrogen (secondary N) is 1. The van der Waals surface area contributed by atoms with Crippen molar-refractivity contribution in [2.24, 2.45) is 0 Å². The highest BCUT2D eigenvalue weighted by Gasteiger charge is 2.42. The first kappa shape index (κ1) is 23.2. The molecule has 3 unspecified atom stereocenters. The van der Waals surface area contributed by atoms with Gasteiger partial charge in [0.1, 0.15) is 17.6 Å². The summed E-state index contributed by atoms with van der Waals surface area (Å²) in [5.41, 5.74) is 4.06. The Bertz CT molecular complexity index is 1220. The Morgan fingerprint density at radius 3 is 2.71 bits per heavy atom. The van der Waals surface area contributed by atoms with Crippen molar-refractivity contribution in [2.75, 3.05) is 20.3 Å². The van der Waals surface area contributed by atoms with Gasteiger partial charge in [-0.25, -0.2) is 4.79 Å². The molecule has 2 aromatic carbocycles. The number of rotatable bonds is 5. The van der Waals surface area contributed by atoms with E-state index in [2.05, 4.69) is 5.32 Å². The number of hydrogen-bond donors (Lipinski definition) is 2. The van der Waals surface area contributed by atoms with Crippen molar-refractivity contribution in [1.29, 1.82) is 0 Å². The van der Waals surface area contributed by atoms with Crippen LogP contribution in [0.1, 0.15) is 49.1 Å². The smallest absolute Gasteiger partial charge is 0.337 e. The van der Waals surface area contributed by atoms with E-state index in [1.165, 1.54) is 0 Å². The normalized spacial score (nSPS) is 24.2. The van der Waals surface area contributed by atoms with E-state index in [9.17, 15) is 14.7 Å². The quantitative estimate of drug-likeness (QED) is 0.629. The maximum Gasteiger partial charge on any atom is 0.337 e. The van der Waals surface area contributed by atoms with E-state index in [0.717, 1.165) is 17.0 Å². The summed E-state index contributed by atoms with van der Waals surface area (Å²) in [6, 6.07) is 14.5. The van der Waals surface area contributed by atoms with Crippen molar-refractivity contribution < 1.29 is 28.9 Å². The molecule has 0 amide bonds. The van der Waals surface area contributed by atoms with E-state index >= 15 is 0 Å². The Kier molecular flexibility index (Phi) is 6.34. The van der Waals surface area contributed by atoms with Gasteiger partial charge in [0.05, 0.1) is 25.9 Å². The zero-order chi connectivity index (χ0) is 24.5. The molecule has 7 heteroatoms. The molecule has 3 atom stereocenters. The lowest BCUT2D eigenvalue weighted by atomic mass is 9.71. The number of benzene rings is 2. The van der Waals surface area contributed by atoms with E-state index in [-0.39, 0.29) is 23.6 Å². The lowest BCUT2D eigenvalue weighted by Gasteiger charge is -2.37. The molecule has 35 heavy (non-hydrogen) atoms. The number of hydrogen-bond acceptors (Lipinski definition) is 7. The van der Waals surface area contributed by atoms with Crippen LogP contribution >= 0.6 is 0 Å². The van der Waals surface area contributed by atoms with Gasteiger partial charge in [-0.1, -0.05) is 30.3 Å². The largest absolute Gasteiger partial charge is 0.508 e. The summed E-state index contributed by atoms with van der Waals surface area (Å²) in [7, 11) is 1.63. The van der Waals surface area contributed by atoms with Gasteiger partial charge in [0.25, 0.3) is 0 Å². The molecule has 1 fully saturated rings. The maximum absolute atomic E-state index is 13.7. The zero-order valence-electron chi connectivity index (χ0n) is 19.9. The van der Waals surface area contributed by atoms with Crippen molar-refractivity contribution in [2.45, 2.75) is 44.1 Å². The van der Waals surface area contributed by atoms with Crippen LogP contribution in [0.2, 0.25) is 0 Å². The number of esters is 1. The summed E-state index contributed by atoms with van der Waals surface area (Å²) in [5, 5.41) is 13.6. The van der Waals surface area contributed by atoms with Crippen LogP contribution in [0.25, 0.3) is 0 Å². The minimum absolute atomic E-state index is 0.0370. The summed E-state index contributed by atoms with van der Waals surface area (Å²) in [5.74, 6) is -0.348. The van der Waals surface area contributed by atoms with E-state index in [4.69, 9.17) is 14.2 Å². The first-order valence-electron chi connectivity index (χ1n) is 11.9. The molecule has 2 aromatic rings. The minimum atomic E-state index is -0.626. The van der Waals surface area contributed by atoms with Gasteiger partial charge >= 0.3 is 5.97 Å². The van der Waals surface area contributed by atoms with Crippen molar-refractivity contribution in [1.82, 2.24) is 5.32 Å². The second-order valence-electron chi connectivity index (χ2n) is 9.25. The van der Waals surface area contributed by atoms with Crippen molar-refractivity contribution >= 4 is 11.8 Å². The monoisotopic (exact) mass is 475 g/mol. The number of carbonyl (C=O) groups excluding carboxylic acids is 2. The lowest BCUT2D eigenvalue weighted by Crippen LogP contribution is -2.36. The first-order valence-corrected chi connectivity index (χ1v) is 11.9. The van der Waals surface area contributed by atoms with Gasteiger partial charge in [0, 0.05) is 41.6 Å². The number of methoxy groups -OCH3 is 1. The number of allylic oxidation sites excluding steroid dienone is 3. The Balaban J connectivity index is 1.55. The van der Waals surface area contributed by atoms with Crippen LogP contribution in [0, 0.1) is 0 Å². The third kappa shape index (κ3) is 4.44. The molecule has 0 radical (unpaired) electrons. The number of phenols is 1. The lowest BCUT2D eigenvalue weighted by molar-refractivity contribution is -0.144. The molecule has 0 saturated carbocycles. The van der Waals surface area contributed by atoms with E-state index in [1.807, 2.05) is 37.3 Å². The number of dihydropyridines is 1. The molecule has 2 N–H and O–H groups in total. The number of Topliss-reactive ketones (excluding diaryl/α,β-unsaturated/α-hetero) is 1. The van der Waals surface area contributed by atoms with Crippen molar-refractivity contribution in [3.63, 3.8) is 0 Å². The molecule has 182 valence electrons. The molecule has 0 spiro atoms. The van der Waals surface area contributed by atoms with Gasteiger partial charge in [0.15, 0.2) is 5.78 Å². The van der Waals surface area contributed by atoms with Crippen LogP contribution in [-0.4, -0.2) is 43.3 Å². The first-order chi connectivity index (χ1) is 17.0. The molecule has 1 saturated heterocycles. The zero-order valence-corrected chi connectivity index (χ0v) is 19.9. The van der Waals surface area contributed by atoms with Crippen molar-refractivity contribution in [3.05, 3.63) is 82.2 Å². The molecule has 0 bridgehead atoms. The minimum Gasteiger partial charge on any atom is -0.508 e. The number of para-hydroxylation sites is 1. The molecule has 1 aliphatic carbocycles. The Hall–Kier alpha value is -3.58. The molecule has 3 aliphatic rings. The van der Waals surface area contributed by atoms with E-state index in [1.54, 1.807) is 25.3 Å². The fourth-order valence-corrected chi connectivity index (χ4v) is 5.39. The van der Waals surface area contributed by atoms with Crippen LogP contribution in [0.5, 0.6) is 11.5 Å². The summed E-state index contributed by atoms with van der Waals surface area (Å²) < 4.78 is 16.7. The Morgan fingerprint density at radius 1 is 1.14 bits per heavy atom. The van der Waals surface area contributed by atoms with Gasteiger partial charge in [-0.15, -0.1) is 0 Å². The average molecular weight is 476 g/mol. The molecule has 5 rings (SSSR count). The Morgan fingerprint density at radius 2 is 1.97 bits per heavy atom. The predicted molar refractivity (Wildman–Crippen MR) is 129 cm³/mol. The second-order valence-corrected chi connectivity index (χ2v) is 9.25. The maximum atomic E-state index is 13.7. The van der Waals surface area contributed by atoms with Crippen LogP contribution < -0.4 is 10.1 Å². The average Bonchev–Trinajstić information content (AvgIpc) is 3.36. The van der Waals surface area contributed by atoms with Gasteiger partial charge in [0.2, 0.25) is 0 Å². The fraction of sp³-hybridized carbons (Fsp3) is 0.357. The second kappa shape index (κ2) is 9.58.